The van der Waals surface area contributed by atoms with Crippen molar-refractivity contribution in [3.63, 3.8) is 0 Å². The molecule has 13 heavy (non-hydrogen) atoms. The normalized spacial score (nSPS) is 10.5. The maximum absolute atomic E-state index is 10.7. The second kappa shape index (κ2) is 3.18. The van der Waals surface area contributed by atoms with Crippen LogP contribution < -0.4 is 0 Å². The maximum Gasteiger partial charge on any atom is 0.154 e. The van der Waals surface area contributed by atoms with Gasteiger partial charge >= 0.3 is 0 Å². The van der Waals surface area contributed by atoms with Crippen LogP contribution in [-0.2, 0) is 5.88 Å². The second-order valence-corrected chi connectivity index (χ2v) is 2.91. The van der Waals surface area contributed by atoms with E-state index in [-0.39, 0.29) is 5.88 Å². The number of aldehydes is 1. The average molecular weight is 195 g/mol. The van der Waals surface area contributed by atoms with E-state index < -0.39 is 0 Å². The molecule has 0 bridgehead atoms. The first-order valence-corrected chi connectivity index (χ1v) is 4.37. The van der Waals surface area contributed by atoms with Crippen molar-refractivity contribution in [1.29, 1.82) is 0 Å². The largest absolute Gasteiger partial charge is 0.298 e. The predicted molar refractivity (Wildman–Crippen MR) is 50.1 cm³/mol. The lowest BCUT2D eigenvalue weighted by molar-refractivity contribution is 0.112. The molecule has 2 heterocycles. The van der Waals surface area contributed by atoms with Crippen LogP contribution in [0.3, 0.4) is 0 Å². The number of halogens is 1. The molecule has 3 nitrogen and oxygen atoms in total. The van der Waals surface area contributed by atoms with Crippen LogP contribution in [-0.4, -0.2) is 15.9 Å². The van der Waals surface area contributed by atoms with Gasteiger partial charge in [0, 0.05) is 6.20 Å². The van der Waals surface area contributed by atoms with E-state index in [1.165, 1.54) is 0 Å². The molecule has 2 aromatic heterocycles. The lowest BCUT2D eigenvalue weighted by Gasteiger charge is -1.89. The molecule has 0 saturated heterocycles. The maximum atomic E-state index is 10.7. The minimum Gasteiger partial charge on any atom is -0.298 e. The second-order valence-electron chi connectivity index (χ2n) is 2.64. The minimum absolute atomic E-state index is 0.260. The van der Waals surface area contributed by atoms with Crippen molar-refractivity contribution in [2.24, 2.45) is 0 Å². The molecule has 0 spiro atoms. The van der Waals surface area contributed by atoms with Gasteiger partial charge in [0.15, 0.2) is 6.29 Å². The number of alkyl halides is 1. The summed E-state index contributed by atoms with van der Waals surface area (Å²) in [4.78, 5) is 10.7. The Morgan fingerprint density at radius 1 is 1.54 bits per heavy atom. The van der Waals surface area contributed by atoms with E-state index in [0.717, 1.165) is 11.8 Å². The number of fused-ring (bicyclic) bond motifs is 1. The number of carbonyl (C=O) groups is 1. The molecule has 0 unspecified atom stereocenters. The van der Waals surface area contributed by atoms with Crippen LogP contribution in [0.15, 0.2) is 24.4 Å². The SMILES string of the molecule is O=Cc1c(CCl)nn2ccccc12. The molecule has 0 aliphatic rings. The highest BCUT2D eigenvalue weighted by atomic mass is 35.5. The first kappa shape index (κ1) is 8.26. The van der Waals surface area contributed by atoms with Gasteiger partial charge in [0.2, 0.25) is 0 Å². The van der Waals surface area contributed by atoms with Gasteiger partial charge in [-0.15, -0.1) is 11.6 Å². The summed E-state index contributed by atoms with van der Waals surface area (Å²) in [6.07, 6.45) is 2.58. The summed E-state index contributed by atoms with van der Waals surface area (Å²) in [5, 5.41) is 4.16. The van der Waals surface area contributed by atoms with Gasteiger partial charge in [0.1, 0.15) is 0 Å². The number of aromatic nitrogens is 2. The van der Waals surface area contributed by atoms with Gasteiger partial charge in [0.25, 0.3) is 0 Å². The first-order chi connectivity index (χ1) is 6.36. The van der Waals surface area contributed by atoms with Gasteiger partial charge < -0.3 is 0 Å². The molecular weight excluding hydrogens is 188 g/mol. The zero-order valence-electron chi connectivity index (χ0n) is 6.77. The van der Waals surface area contributed by atoms with Crippen molar-refractivity contribution in [1.82, 2.24) is 9.61 Å². The Morgan fingerprint density at radius 3 is 3.08 bits per heavy atom. The topological polar surface area (TPSA) is 34.4 Å². The average Bonchev–Trinajstić information content (AvgIpc) is 2.55. The summed E-state index contributed by atoms with van der Waals surface area (Å²) in [5.41, 5.74) is 2.01. The van der Waals surface area contributed by atoms with Crippen LogP contribution in [0.25, 0.3) is 5.52 Å². The summed E-state index contributed by atoms with van der Waals surface area (Å²) in [6, 6.07) is 5.56. The Balaban J connectivity index is 2.81. The lowest BCUT2D eigenvalue weighted by atomic mass is 10.2. The molecule has 66 valence electrons. The molecule has 0 aromatic carbocycles. The molecule has 4 heteroatoms. The smallest absolute Gasteiger partial charge is 0.154 e. The number of carbonyl (C=O) groups excluding carboxylic acids is 1. The third-order valence-corrected chi connectivity index (χ3v) is 2.15. The van der Waals surface area contributed by atoms with Gasteiger partial charge in [-0.3, -0.25) is 4.79 Å². The van der Waals surface area contributed by atoms with Crippen molar-refractivity contribution in [2.45, 2.75) is 5.88 Å². The van der Waals surface area contributed by atoms with E-state index in [1.54, 1.807) is 10.7 Å². The summed E-state index contributed by atoms with van der Waals surface area (Å²) in [5.74, 6) is 0.260. The zero-order valence-corrected chi connectivity index (χ0v) is 7.53. The Labute approximate surface area is 79.9 Å². The van der Waals surface area contributed by atoms with E-state index in [2.05, 4.69) is 5.10 Å². The Bertz CT molecular complexity index is 450. The predicted octanol–water partition coefficient (Wildman–Crippen LogP) is 1.89. The highest BCUT2D eigenvalue weighted by Crippen LogP contribution is 2.14. The molecule has 0 atom stereocenters. The van der Waals surface area contributed by atoms with E-state index in [9.17, 15) is 4.79 Å². The molecule has 0 saturated carbocycles. The van der Waals surface area contributed by atoms with Crippen LogP contribution in [0.4, 0.5) is 0 Å². The zero-order chi connectivity index (χ0) is 9.26. The third-order valence-electron chi connectivity index (χ3n) is 1.90. The Morgan fingerprint density at radius 2 is 2.38 bits per heavy atom. The molecule has 2 aromatic rings. The number of hydrogen-bond acceptors (Lipinski definition) is 2. The monoisotopic (exact) mass is 194 g/mol. The van der Waals surface area contributed by atoms with E-state index in [1.807, 2.05) is 18.2 Å². The Kier molecular flexibility index (Phi) is 2.02. The number of pyridine rings is 1. The van der Waals surface area contributed by atoms with Crippen molar-refractivity contribution in [3.8, 4) is 0 Å². The Hall–Kier alpha value is -1.35. The molecule has 0 aliphatic carbocycles. The van der Waals surface area contributed by atoms with Gasteiger partial charge in [-0.25, -0.2) is 4.52 Å². The molecule has 0 radical (unpaired) electrons. The standard InChI is InChI=1S/C9H7ClN2O/c10-5-8-7(6-13)9-3-1-2-4-12(9)11-8/h1-4,6H,5H2. The minimum atomic E-state index is 0.260. The fourth-order valence-electron chi connectivity index (χ4n) is 1.29. The number of nitrogens with zero attached hydrogens (tertiary/aromatic N) is 2. The van der Waals surface area contributed by atoms with Crippen LogP contribution in [0, 0.1) is 0 Å². The van der Waals surface area contributed by atoms with Crippen molar-refractivity contribution in [2.75, 3.05) is 0 Å². The van der Waals surface area contributed by atoms with Gasteiger partial charge in [-0.2, -0.15) is 5.10 Å². The summed E-state index contributed by atoms with van der Waals surface area (Å²) < 4.78 is 1.65. The molecule has 0 N–H and O–H groups in total. The fourth-order valence-corrected chi connectivity index (χ4v) is 1.49. The highest BCUT2D eigenvalue weighted by molar-refractivity contribution is 6.17. The van der Waals surface area contributed by atoms with E-state index in [4.69, 9.17) is 11.6 Å². The molecule has 0 amide bonds. The van der Waals surface area contributed by atoms with Gasteiger partial charge in [-0.05, 0) is 12.1 Å². The lowest BCUT2D eigenvalue weighted by Crippen LogP contribution is -1.85. The molecule has 0 fully saturated rings. The van der Waals surface area contributed by atoms with Crippen LogP contribution in [0.5, 0.6) is 0 Å². The number of rotatable bonds is 2. The molecule has 2 rings (SSSR count). The van der Waals surface area contributed by atoms with Gasteiger partial charge in [0.05, 0.1) is 22.7 Å². The summed E-state index contributed by atoms with van der Waals surface area (Å²) in [7, 11) is 0. The van der Waals surface area contributed by atoms with Crippen molar-refractivity contribution in [3.05, 3.63) is 35.7 Å². The van der Waals surface area contributed by atoms with Crippen molar-refractivity contribution >= 4 is 23.4 Å². The number of hydrogen-bond donors (Lipinski definition) is 0. The van der Waals surface area contributed by atoms with E-state index >= 15 is 0 Å². The van der Waals surface area contributed by atoms with E-state index in [0.29, 0.717) is 11.3 Å². The molecule has 0 aliphatic heterocycles. The highest BCUT2D eigenvalue weighted by Gasteiger charge is 2.09. The van der Waals surface area contributed by atoms with Crippen molar-refractivity contribution < 1.29 is 4.79 Å². The summed E-state index contributed by atoms with van der Waals surface area (Å²) >= 11 is 5.65. The summed E-state index contributed by atoms with van der Waals surface area (Å²) in [6.45, 7) is 0. The van der Waals surface area contributed by atoms with Gasteiger partial charge in [-0.1, -0.05) is 6.07 Å². The molecular formula is C9H7ClN2O. The van der Waals surface area contributed by atoms with Crippen LogP contribution >= 0.6 is 11.6 Å². The first-order valence-electron chi connectivity index (χ1n) is 3.84. The third kappa shape index (κ3) is 1.21. The fraction of sp³-hybridized carbons (Fsp3) is 0.111. The quantitative estimate of drug-likeness (QED) is 0.541. The van der Waals surface area contributed by atoms with Crippen LogP contribution in [0.2, 0.25) is 0 Å². The van der Waals surface area contributed by atoms with Crippen LogP contribution in [0.1, 0.15) is 16.1 Å².